The van der Waals surface area contributed by atoms with E-state index in [4.69, 9.17) is 16.0 Å². The Morgan fingerprint density at radius 2 is 2.03 bits per heavy atom. The van der Waals surface area contributed by atoms with Crippen LogP contribution >= 0.6 is 22.9 Å². The first-order valence-electron chi connectivity index (χ1n) is 9.24. The van der Waals surface area contributed by atoms with Crippen LogP contribution in [0.3, 0.4) is 0 Å². The van der Waals surface area contributed by atoms with Crippen molar-refractivity contribution in [2.75, 3.05) is 4.90 Å². The molecule has 0 fully saturated rings. The van der Waals surface area contributed by atoms with Gasteiger partial charge in [-0.15, -0.1) is 0 Å². The zero-order valence-electron chi connectivity index (χ0n) is 16.3. The van der Waals surface area contributed by atoms with Gasteiger partial charge in [-0.25, -0.2) is 4.98 Å². The highest BCUT2D eigenvalue weighted by Crippen LogP contribution is 2.34. The molecule has 2 aromatic carbocycles. The number of nitro benzene ring substituents is 1. The standard InChI is InChI=1S/C22H16ClN3O4S/c1-14-18(23)9-10-19-21(14)24-22(31-19)25(13-17-3-2-12-30-17)20(27)11-6-15-4-7-16(8-5-15)26(28)29/h2-12H,13H2,1H3/b11-6-. The van der Waals surface area contributed by atoms with Crippen LogP contribution in [0.5, 0.6) is 0 Å². The number of nitrogens with zero attached hydrogens (tertiary/aromatic N) is 3. The smallest absolute Gasteiger partial charge is 0.269 e. The van der Waals surface area contributed by atoms with Crippen LogP contribution in [0, 0.1) is 17.0 Å². The summed E-state index contributed by atoms with van der Waals surface area (Å²) in [5.74, 6) is 0.323. The zero-order chi connectivity index (χ0) is 22.0. The first-order valence-corrected chi connectivity index (χ1v) is 10.4. The van der Waals surface area contributed by atoms with Crippen molar-refractivity contribution in [3.63, 3.8) is 0 Å². The summed E-state index contributed by atoms with van der Waals surface area (Å²) in [7, 11) is 0. The van der Waals surface area contributed by atoms with Crippen LogP contribution in [0.15, 0.2) is 65.3 Å². The lowest BCUT2D eigenvalue weighted by Crippen LogP contribution is -2.28. The number of non-ortho nitro benzene ring substituents is 1. The normalized spacial score (nSPS) is 11.3. The number of aryl methyl sites for hydroxylation is 1. The van der Waals surface area contributed by atoms with E-state index in [1.807, 2.05) is 19.1 Å². The summed E-state index contributed by atoms with van der Waals surface area (Å²) < 4.78 is 6.35. The van der Waals surface area contributed by atoms with Crippen LogP contribution in [0.25, 0.3) is 16.3 Å². The van der Waals surface area contributed by atoms with Crippen LogP contribution in [0.4, 0.5) is 10.8 Å². The van der Waals surface area contributed by atoms with Crippen LogP contribution in [0.2, 0.25) is 5.02 Å². The lowest BCUT2D eigenvalue weighted by atomic mass is 10.2. The minimum Gasteiger partial charge on any atom is -0.467 e. The fraction of sp³-hybridized carbons (Fsp3) is 0.0909. The van der Waals surface area contributed by atoms with E-state index in [0.29, 0.717) is 21.5 Å². The number of aromatic nitrogens is 1. The number of carbonyl (C=O) groups is 1. The number of fused-ring (bicyclic) bond motifs is 1. The molecule has 4 rings (SSSR count). The van der Waals surface area contributed by atoms with E-state index in [0.717, 1.165) is 15.8 Å². The fourth-order valence-electron chi connectivity index (χ4n) is 2.97. The third-order valence-electron chi connectivity index (χ3n) is 4.65. The van der Waals surface area contributed by atoms with Gasteiger partial charge in [-0.1, -0.05) is 22.9 Å². The lowest BCUT2D eigenvalue weighted by Gasteiger charge is -2.16. The van der Waals surface area contributed by atoms with Crippen molar-refractivity contribution in [1.82, 2.24) is 4.98 Å². The second-order valence-corrected chi connectivity index (χ2v) is 8.12. The number of halogens is 1. The van der Waals surface area contributed by atoms with Gasteiger partial charge < -0.3 is 4.42 Å². The van der Waals surface area contributed by atoms with Gasteiger partial charge in [0, 0.05) is 23.2 Å². The van der Waals surface area contributed by atoms with Gasteiger partial charge >= 0.3 is 0 Å². The van der Waals surface area contributed by atoms with E-state index in [-0.39, 0.29) is 18.1 Å². The van der Waals surface area contributed by atoms with Gasteiger partial charge in [0.1, 0.15) is 5.76 Å². The van der Waals surface area contributed by atoms with Crippen molar-refractivity contribution < 1.29 is 14.1 Å². The molecule has 2 heterocycles. The minimum absolute atomic E-state index is 0.00794. The van der Waals surface area contributed by atoms with Gasteiger partial charge in [0.15, 0.2) is 5.13 Å². The Kier molecular flexibility index (Phi) is 5.83. The van der Waals surface area contributed by atoms with Crippen LogP contribution in [0.1, 0.15) is 16.9 Å². The molecule has 2 aromatic heterocycles. The molecule has 0 saturated carbocycles. The Hall–Kier alpha value is -3.49. The fourth-order valence-corrected chi connectivity index (χ4v) is 4.15. The molecule has 0 unspecified atom stereocenters. The number of hydrogen-bond acceptors (Lipinski definition) is 6. The van der Waals surface area contributed by atoms with Crippen molar-refractivity contribution in [1.29, 1.82) is 0 Å². The monoisotopic (exact) mass is 453 g/mol. The molecule has 9 heteroatoms. The first kappa shape index (κ1) is 20.8. The molecule has 0 bridgehead atoms. The van der Waals surface area contributed by atoms with Gasteiger partial charge in [0.25, 0.3) is 11.6 Å². The molecule has 0 N–H and O–H groups in total. The number of thiazole rings is 1. The lowest BCUT2D eigenvalue weighted by molar-refractivity contribution is -0.384. The van der Waals surface area contributed by atoms with E-state index in [1.165, 1.54) is 34.4 Å². The van der Waals surface area contributed by atoms with E-state index in [2.05, 4.69) is 4.98 Å². The van der Waals surface area contributed by atoms with Crippen molar-refractivity contribution >= 4 is 56.0 Å². The summed E-state index contributed by atoms with van der Waals surface area (Å²) in [6.07, 6.45) is 4.57. The van der Waals surface area contributed by atoms with Gasteiger partial charge in [0.2, 0.25) is 0 Å². The molecule has 0 aliphatic carbocycles. The Bertz CT molecular complexity index is 1280. The average molecular weight is 454 g/mol. The van der Waals surface area contributed by atoms with Crippen LogP contribution in [-0.2, 0) is 11.3 Å². The molecule has 0 aliphatic rings. The minimum atomic E-state index is -0.467. The highest BCUT2D eigenvalue weighted by atomic mass is 35.5. The summed E-state index contributed by atoms with van der Waals surface area (Å²) in [6, 6.07) is 13.2. The van der Waals surface area contributed by atoms with Gasteiger partial charge in [-0.3, -0.25) is 19.8 Å². The molecule has 0 saturated heterocycles. The van der Waals surface area contributed by atoms with Crippen LogP contribution < -0.4 is 4.90 Å². The van der Waals surface area contributed by atoms with Crippen molar-refractivity contribution in [3.8, 4) is 0 Å². The van der Waals surface area contributed by atoms with Gasteiger partial charge in [-0.05, 0) is 60.5 Å². The van der Waals surface area contributed by atoms with Gasteiger partial charge in [0.05, 0.1) is 27.9 Å². The SMILES string of the molecule is Cc1c(Cl)ccc2sc(N(Cc3ccco3)C(=O)/C=C\c3ccc([N+](=O)[O-])cc3)nc12. The van der Waals surface area contributed by atoms with Crippen molar-refractivity contribution in [3.05, 3.63) is 92.9 Å². The van der Waals surface area contributed by atoms with Crippen molar-refractivity contribution in [2.24, 2.45) is 0 Å². The topological polar surface area (TPSA) is 89.5 Å². The number of nitro groups is 1. The average Bonchev–Trinajstić information content (AvgIpc) is 3.43. The summed E-state index contributed by atoms with van der Waals surface area (Å²) >= 11 is 7.61. The molecule has 0 spiro atoms. The molecule has 0 atom stereocenters. The summed E-state index contributed by atoms with van der Waals surface area (Å²) in [6.45, 7) is 2.10. The van der Waals surface area contributed by atoms with E-state index >= 15 is 0 Å². The quantitative estimate of drug-likeness (QED) is 0.203. The molecule has 1 amide bonds. The largest absolute Gasteiger partial charge is 0.467 e. The maximum Gasteiger partial charge on any atom is 0.269 e. The molecular weight excluding hydrogens is 438 g/mol. The summed E-state index contributed by atoms with van der Waals surface area (Å²) in [5, 5.41) is 11.9. The highest BCUT2D eigenvalue weighted by molar-refractivity contribution is 7.22. The molecule has 0 radical (unpaired) electrons. The molecule has 4 aromatic rings. The third-order valence-corrected chi connectivity index (χ3v) is 6.10. The Morgan fingerprint density at radius 1 is 1.26 bits per heavy atom. The molecule has 7 nitrogen and oxygen atoms in total. The number of hydrogen-bond donors (Lipinski definition) is 0. The predicted molar refractivity (Wildman–Crippen MR) is 121 cm³/mol. The summed E-state index contributed by atoms with van der Waals surface area (Å²) in [4.78, 5) is 29.6. The van der Waals surface area contributed by atoms with Crippen LogP contribution in [-0.4, -0.2) is 15.8 Å². The number of furan rings is 1. The number of rotatable bonds is 6. The van der Waals surface area contributed by atoms with E-state index in [9.17, 15) is 14.9 Å². The first-order chi connectivity index (χ1) is 14.9. The number of carbonyl (C=O) groups excluding carboxylic acids is 1. The Labute approximate surface area is 186 Å². The third kappa shape index (κ3) is 4.50. The second-order valence-electron chi connectivity index (χ2n) is 6.70. The highest BCUT2D eigenvalue weighted by Gasteiger charge is 2.20. The number of benzene rings is 2. The summed E-state index contributed by atoms with van der Waals surface area (Å²) in [5.41, 5.74) is 2.27. The maximum atomic E-state index is 13.1. The zero-order valence-corrected chi connectivity index (χ0v) is 17.9. The number of amides is 1. The Morgan fingerprint density at radius 3 is 2.71 bits per heavy atom. The Balaban J connectivity index is 1.65. The van der Waals surface area contributed by atoms with Gasteiger partial charge in [-0.2, -0.15) is 0 Å². The molecule has 0 aliphatic heterocycles. The molecule has 156 valence electrons. The number of anilines is 1. The molecular formula is C22H16ClN3O4S. The predicted octanol–water partition coefficient (Wildman–Crippen LogP) is 6.01. The molecule has 31 heavy (non-hydrogen) atoms. The van der Waals surface area contributed by atoms with E-state index < -0.39 is 4.92 Å². The maximum absolute atomic E-state index is 13.1. The van der Waals surface area contributed by atoms with E-state index in [1.54, 1.807) is 36.6 Å². The second kappa shape index (κ2) is 8.71. The van der Waals surface area contributed by atoms with Crippen molar-refractivity contribution in [2.45, 2.75) is 13.5 Å².